The maximum atomic E-state index is 5.02. The Morgan fingerprint density at radius 1 is 0.574 bits per heavy atom. The Hall–Kier alpha value is -5.45. The van der Waals surface area contributed by atoms with Crippen molar-refractivity contribution in [3.05, 3.63) is 157 Å². The van der Waals surface area contributed by atoms with Crippen LogP contribution in [0.15, 0.2) is 162 Å². The van der Waals surface area contributed by atoms with Crippen molar-refractivity contribution in [2.24, 2.45) is 0 Å². The molecule has 0 fully saturated rings. The second-order valence-corrected chi connectivity index (χ2v) is 13.3. The van der Waals surface area contributed by atoms with Crippen molar-refractivity contribution < 1.29 is 0 Å². The van der Waals surface area contributed by atoms with Gasteiger partial charge in [-0.15, -0.1) is 0 Å². The number of nitrogens with one attached hydrogen (secondary N) is 1. The third-order valence-electron chi connectivity index (χ3n) is 9.15. The van der Waals surface area contributed by atoms with Gasteiger partial charge in [-0.3, -0.25) is 0 Å². The molecule has 2 aliphatic rings. The fourth-order valence-corrected chi connectivity index (χ4v) is 7.88. The molecule has 0 amide bonds. The Morgan fingerprint density at radius 2 is 1.21 bits per heavy atom. The zero-order valence-corrected chi connectivity index (χ0v) is 26.5. The predicted octanol–water partition coefficient (Wildman–Crippen LogP) is 11.6. The molecular weight excluding hydrogens is 591 g/mol. The number of aromatic nitrogens is 2. The lowest BCUT2D eigenvalue weighted by molar-refractivity contribution is 0.996. The molecule has 47 heavy (non-hydrogen) atoms. The van der Waals surface area contributed by atoms with E-state index in [4.69, 9.17) is 9.97 Å². The molecule has 6 aromatic carbocycles. The van der Waals surface area contributed by atoms with Crippen LogP contribution in [-0.4, -0.2) is 15.3 Å². The van der Waals surface area contributed by atoms with Crippen molar-refractivity contribution in [3.63, 3.8) is 0 Å². The van der Waals surface area contributed by atoms with Crippen LogP contribution < -0.4 is 5.32 Å². The van der Waals surface area contributed by atoms with E-state index in [9.17, 15) is 0 Å². The molecule has 0 radical (unpaired) electrons. The Balaban J connectivity index is 1.10. The van der Waals surface area contributed by atoms with Gasteiger partial charge < -0.3 is 5.32 Å². The van der Waals surface area contributed by atoms with Crippen LogP contribution in [0.25, 0.3) is 66.6 Å². The lowest BCUT2D eigenvalue weighted by Gasteiger charge is -2.15. The van der Waals surface area contributed by atoms with Gasteiger partial charge in [-0.25, -0.2) is 9.97 Å². The molecule has 0 saturated heterocycles. The maximum absolute atomic E-state index is 5.02. The number of nitrogens with zero attached hydrogens (tertiary/aromatic N) is 2. The van der Waals surface area contributed by atoms with Crippen molar-refractivity contribution in [2.75, 3.05) is 5.32 Å². The fourth-order valence-electron chi connectivity index (χ4n) is 6.72. The fraction of sp³-hybridized carbons (Fsp3) is 0.0698. The molecule has 1 unspecified atom stereocenters. The number of thioether (sulfide) groups is 1. The minimum atomic E-state index is 0.253. The van der Waals surface area contributed by atoms with Crippen molar-refractivity contribution in [1.82, 2.24) is 9.97 Å². The first kappa shape index (κ1) is 27.8. The molecule has 1 aliphatic carbocycles. The number of benzene rings is 6. The normalized spacial score (nSPS) is 15.4. The SMILES string of the molecule is C1=CC(C2Nc3c(ccc4ccc5ccc(-c6ccc(-c7nc(-c8ccccc8)cc(-c8ccccc8)n7)cc6)cc5c34)S2)=CCC1. The summed E-state index contributed by atoms with van der Waals surface area (Å²) in [4.78, 5) is 11.4. The molecule has 7 aromatic rings. The van der Waals surface area contributed by atoms with Crippen LogP contribution in [-0.2, 0) is 0 Å². The van der Waals surface area contributed by atoms with Gasteiger partial charge in [-0.1, -0.05) is 145 Å². The number of allylic oxidation sites excluding steroid dienone is 2. The average Bonchev–Trinajstić information content (AvgIpc) is 3.60. The highest BCUT2D eigenvalue weighted by Gasteiger charge is 2.26. The van der Waals surface area contributed by atoms with E-state index >= 15 is 0 Å². The minimum absolute atomic E-state index is 0.253. The summed E-state index contributed by atoms with van der Waals surface area (Å²) in [7, 11) is 0. The Morgan fingerprint density at radius 3 is 1.91 bits per heavy atom. The Bertz CT molecular complexity index is 2280. The van der Waals surface area contributed by atoms with E-state index in [1.807, 2.05) is 48.2 Å². The largest absolute Gasteiger partial charge is 0.368 e. The smallest absolute Gasteiger partial charge is 0.160 e. The zero-order chi connectivity index (χ0) is 31.2. The van der Waals surface area contributed by atoms with Crippen LogP contribution in [0.4, 0.5) is 5.69 Å². The van der Waals surface area contributed by atoms with E-state index in [-0.39, 0.29) is 5.37 Å². The van der Waals surface area contributed by atoms with Crippen molar-refractivity contribution in [2.45, 2.75) is 23.1 Å². The topological polar surface area (TPSA) is 37.8 Å². The van der Waals surface area contributed by atoms with Gasteiger partial charge in [0.15, 0.2) is 5.82 Å². The predicted molar refractivity (Wildman–Crippen MR) is 199 cm³/mol. The quantitative estimate of drug-likeness (QED) is 0.194. The molecule has 1 N–H and O–H groups in total. The Kier molecular flexibility index (Phi) is 6.94. The number of anilines is 1. The second-order valence-electron chi connectivity index (χ2n) is 12.1. The molecule has 0 bridgehead atoms. The second kappa shape index (κ2) is 11.7. The van der Waals surface area contributed by atoms with Gasteiger partial charge in [0.25, 0.3) is 0 Å². The van der Waals surface area contributed by atoms with E-state index in [1.54, 1.807) is 0 Å². The number of rotatable bonds is 5. The van der Waals surface area contributed by atoms with Gasteiger partial charge >= 0.3 is 0 Å². The molecule has 1 aliphatic heterocycles. The molecule has 0 saturated carbocycles. The molecule has 224 valence electrons. The van der Waals surface area contributed by atoms with Crippen molar-refractivity contribution in [3.8, 4) is 45.0 Å². The lowest BCUT2D eigenvalue weighted by Crippen LogP contribution is -2.13. The molecule has 9 rings (SSSR count). The van der Waals surface area contributed by atoms with E-state index in [2.05, 4.69) is 121 Å². The minimum Gasteiger partial charge on any atom is -0.368 e. The average molecular weight is 622 g/mol. The molecule has 4 heteroatoms. The van der Waals surface area contributed by atoms with Gasteiger partial charge in [0.2, 0.25) is 0 Å². The molecule has 1 aromatic heterocycles. The van der Waals surface area contributed by atoms with Crippen LogP contribution in [0.5, 0.6) is 0 Å². The zero-order valence-electron chi connectivity index (χ0n) is 25.7. The van der Waals surface area contributed by atoms with Crippen LogP contribution >= 0.6 is 11.8 Å². The van der Waals surface area contributed by atoms with Gasteiger partial charge in [0.05, 0.1) is 17.1 Å². The summed E-state index contributed by atoms with van der Waals surface area (Å²) in [5.74, 6) is 0.720. The molecular formula is C43H31N3S. The van der Waals surface area contributed by atoms with Gasteiger partial charge in [-0.05, 0) is 63.9 Å². The summed E-state index contributed by atoms with van der Waals surface area (Å²) in [6.07, 6.45) is 9.20. The number of hydrogen-bond donors (Lipinski definition) is 1. The number of hydrogen-bond acceptors (Lipinski definition) is 4. The standard InChI is InChI=1S/C43H31N3S/c1-4-10-30(11-5-1)37-27-38(31-12-6-2-7-13-31)45-42(44-37)33-21-16-28(17-22-33)35-23-19-29-18-20-32-24-25-39-41(40(32)36(29)26-35)46-43(47-39)34-14-8-3-9-15-34/h1-2,4-8,10-27,43,46H,3,9H2. The van der Waals surface area contributed by atoms with E-state index in [0.29, 0.717) is 0 Å². The van der Waals surface area contributed by atoms with Gasteiger partial charge in [-0.2, -0.15) is 0 Å². The molecule has 0 spiro atoms. The van der Waals surface area contributed by atoms with Gasteiger partial charge in [0.1, 0.15) is 5.37 Å². The summed E-state index contributed by atoms with van der Waals surface area (Å²) >= 11 is 1.92. The highest BCUT2D eigenvalue weighted by Crippen LogP contribution is 2.47. The summed E-state index contributed by atoms with van der Waals surface area (Å²) in [6.45, 7) is 0. The molecule has 3 nitrogen and oxygen atoms in total. The Labute approximate surface area is 278 Å². The van der Waals surface area contributed by atoms with Crippen LogP contribution in [0.3, 0.4) is 0 Å². The summed E-state index contributed by atoms with van der Waals surface area (Å²) < 4.78 is 0. The first-order chi connectivity index (χ1) is 23.3. The van der Waals surface area contributed by atoms with Crippen molar-refractivity contribution in [1.29, 1.82) is 0 Å². The lowest BCUT2D eigenvalue weighted by atomic mass is 9.95. The van der Waals surface area contributed by atoms with Crippen LogP contribution in [0.1, 0.15) is 12.8 Å². The molecule has 2 heterocycles. The van der Waals surface area contributed by atoms with E-state index in [1.165, 1.54) is 48.8 Å². The third-order valence-corrected chi connectivity index (χ3v) is 10.4. The van der Waals surface area contributed by atoms with E-state index < -0.39 is 0 Å². The molecule has 1 atom stereocenters. The highest BCUT2D eigenvalue weighted by molar-refractivity contribution is 8.00. The summed E-state index contributed by atoms with van der Waals surface area (Å²) in [6, 6.07) is 47.3. The maximum Gasteiger partial charge on any atom is 0.160 e. The van der Waals surface area contributed by atoms with Crippen molar-refractivity contribution >= 4 is 39.0 Å². The van der Waals surface area contributed by atoms with Crippen LogP contribution in [0, 0.1) is 0 Å². The summed E-state index contributed by atoms with van der Waals surface area (Å²) in [5.41, 5.74) is 9.96. The van der Waals surface area contributed by atoms with Crippen LogP contribution in [0.2, 0.25) is 0 Å². The number of fused-ring (bicyclic) bond motifs is 5. The first-order valence-corrected chi connectivity index (χ1v) is 17.0. The summed E-state index contributed by atoms with van der Waals surface area (Å²) in [5, 5.41) is 9.22. The monoisotopic (exact) mass is 621 g/mol. The highest BCUT2D eigenvalue weighted by atomic mass is 32.2. The first-order valence-electron chi connectivity index (χ1n) is 16.2. The third kappa shape index (κ3) is 5.21. The van der Waals surface area contributed by atoms with Gasteiger partial charge in [0, 0.05) is 27.0 Å². The van der Waals surface area contributed by atoms with E-state index in [0.717, 1.165) is 46.7 Å².